The molecule has 5 aliphatic carbocycles. The first-order valence-electron chi connectivity index (χ1n) is 40.4. The second-order valence-corrected chi connectivity index (χ2v) is 33.2. The van der Waals surface area contributed by atoms with Crippen molar-refractivity contribution >= 4 is 0 Å². The van der Waals surface area contributed by atoms with Crippen molar-refractivity contribution in [1.82, 2.24) is 89.3 Å². The van der Waals surface area contributed by atoms with Gasteiger partial charge in [-0.05, 0) is 172 Å². The molecule has 0 amide bonds. The van der Waals surface area contributed by atoms with Gasteiger partial charge in [-0.15, -0.1) is 0 Å². The van der Waals surface area contributed by atoms with Crippen LogP contribution in [0, 0.1) is 185 Å². The Balaban J connectivity index is -0.000000149. The summed E-state index contributed by atoms with van der Waals surface area (Å²) in [7, 11) is 0. The maximum Gasteiger partial charge on any atom is 0.294 e. The molecule has 10 aromatic heterocycles. The van der Waals surface area contributed by atoms with E-state index in [0.29, 0.717) is 34.7 Å². The standard InChI is InChI=1S/5C10H20.2C8H7N3O.3C7H6N4O2.5CH3.5Ir.5H2O/c5*1-6-7(2)9(4)10(5)8(6)3;12-8-4-1-3-7(10-8)11-6-2-5-9-11;12-7-3-1-2-6(11-7)8-9-4-5-10-8;12-4-3-5(13)11-7(10-4)6-8-1-2-9-6;12-5-3-4(10-7(13)11-5)6-8-1-2-9-6;12-5-4-6(13)10-7(9-5)11-3-1-2-8-11;;;;;;;;;;;;;;;/h5*6-10H,1-5H3;1-6H,(H,10,12);1-5H,(H,9,10)(H,11,12);2*1-3H,(H,8,9)(H2,10,11,12,13);1-4H,(H2,9,10,12,13);5*1H3;;;;;;5*1H2/q;;;;;;;;;;5*-1;;;;;;;;;;. The van der Waals surface area contributed by atoms with E-state index < -0.39 is 11.6 Å². The molecule has 10 heterocycles. The van der Waals surface area contributed by atoms with E-state index in [9.17, 15) is 4.79 Å². The van der Waals surface area contributed by atoms with Crippen LogP contribution in [0.4, 0.5) is 0 Å². The molecule has 5 aliphatic rings. The number of hydrogen-bond donors (Lipinski definition) is 11. The van der Waals surface area contributed by atoms with Gasteiger partial charge in [0.15, 0.2) is 23.3 Å². The average Bonchev–Trinajstić information content (AvgIpc) is 1.70. The van der Waals surface area contributed by atoms with Crippen molar-refractivity contribution in [3.63, 3.8) is 0 Å². The quantitative estimate of drug-likeness (QED) is 0.0713. The number of aromatic nitrogens is 18. The first kappa shape index (κ1) is 141. The van der Waals surface area contributed by atoms with Gasteiger partial charge in [0.1, 0.15) is 11.4 Å². The molecular formula is C92H157Ir5N18O13-5. The Labute approximate surface area is 831 Å². The Morgan fingerprint density at radius 3 is 0.805 bits per heavy atom. The van der Waals surface area contributed by atoms with Crippen LogP contribution >= 0.6 is 0 Å². The summed E-state index contributed by atoms with van der Waals surface area (Å²) in [5.41, 5.74) is 0.533. The monoisotopic (exact) mass is 2690 g/mol. The number of aromatic amines is 4. The Morgan fingerprint density at radius 1 is 0.281 bits per heavy atom. The van der Waals surface area contributed by atoms with Gasteiger partial charge in [-0.25, -0.2) is 29.3 Å². The Kier molecular flexibility index (Phi) is 74.3. The van der Waals surface area contributed by atoms with Crippen LogP contribution in [-0.4, -0.2) is 152 Å². The summed E-state index contributed by atoms with van der Waals surface area (Å²) in [6, 6.07) is 16.4. The number of hydrogen-bond acceptors (Lipinski definition) is 20. The fraction of sp³-hybridized carbons (Fsp3) is 0.543. The summed E-state index contributed by atoms with van der Waals surface area (Å²) < 4.78 is 2.92. The first-order chi connectivity index (χ1) is 53.2. The molecule has 5 fully saturated rings. The van der Waals surface area contributed by atoms with Gasteiger partial charge in [0.25, 0.3) is 17.5 Å². The Morgan fingerprint density at radius 2 is 0.547 bits per heavy atom. The summed E-state index contributed by atoms with van der Waals surface area (Å²) in [6.45, 7) is 60.0. The summed E-state index contributed by atoms with van der Waals surface area (Å²) in [4.78, 5) is 59.3. The maximum atomic E-state index is 10.9. The zero-order chi connectivity index (χ0) is 84.0. The molecule has 10 aromatic rings. The number of imidazole rings is 3. The SMILES string of the molecule is CC1C(C)C(C)C(C)C1C.CC1C(C)C(C)C(C)C1C.CC1C(C)C(C)C(C)C1C.CC1C(C)C(C)C(C)C1C.CC1C(C)C(C)C(C)C1C.O.O.O.O.O.O=c1cc(-c2ncc[nH]2)nc(O)[nH]1.Oc1cc(O)nc(-c2ncc[nH]2)n1.Oc1cc(O)nc(-n2cccn2)n1.Oc1cccc(-c2ncc[nH]2)n1.Oc1cccc(-n2cccn2)n1.[CH3-].[CH3-].[CH3-].[CH3-].[CH3-].[Ir].[Ir].[Ir].[Ir].[Ir]. The fourth-order valence-electron chi connectivity index (χ4n) is 16.7. The largest absolute Gasteiger partial charge is 0.493 e. The molecule has 0 atom stereocenters. The van der Waals surface area contributed by atoms with Gasteiger partial charge in [0.2, 0.25) is 41.1 Å². The molecule has 0 bridgehead atoms. The second-order valence-electron chi connectivity index (χ2n) is 33.2. The van der Waals surface area contributed by atoms with E-state index in [1.807, 2.05) is 0 Å². The molecule has 21 N–H and O–H groups in total. The third-order valence-electron chi connectivity index (χ3n) is 27.9. The number of nitrogens with zero attached hydrogens (tertiary/aromatic N) is 14. The van der Waals surface area contributed by atoms with Crippen molar-refractivity contribution in [2.45, 2.75) is 173 Å². The van der Waals surface area contributed by atoms with Crippen LogP contribution in [0.1, 0.15) is 173 Å². The molecule has 31 nitrogen and oxygen atoms in total. The van der Waals surface area contributed by atoms with Crippen LogP contribution in [0.3, 0.4) is 0 Å². The summed E-state index contributed by atoms with van der Waals surface area (Å²) in [5.74, 6) is 24.6. The van der Waals surface area contributed by atoms with Crippen molar-refractivity contribution in [2.24, 2.45) is 148 Å². The number of nitrogens with one attached hydrogen (secondary N) is 4. The Bertz CT molecular complexity index is 3840. The molecule has 0 aromatic carbocycles. The van der Waals surface area contributed by atoms with Crippen molar-refractivity contribution in [3.05, 3.63) is 176 Å². The number of H-pyrrole nitrogens is 4. The zero-order valence-corrected chi connectivity index (χ0v) is 92.5. The predicted octanol–water partition coefficient (Wildman–Crippen LogP) is 16.4. The minimum absolute atomic E-state index is 0. The minimum atomic E-state index is -0.418. The van der Waals surface area contributed by atoms with E-state index in [2.05, 4.69) is 253 Å². The van der Waals surface area contributed by atoms with Gasteiger partial charge in [-0.2, -0.15) is 40.1 Å². The molecule has 5 saturated carbocycles. The molecule has 743 valence electrons. The van der Waals surface area contributed by atoms with E-state index in [1.54, 1.807) is 90.7 Å². The second kappa shape index (κ2) is 67.2. The average molecular weight is 2680 g/mol. The van der Waals surface area contributed by atoms with Crippen LogP contribution in [0.5, 0.6) is 41.3 Å². The third kappa shape index (κ3) is 39.8. The molecule has 36 heteroatoms. The van der Waals surface area contributed by atoms with Crippen molar-refractivity contribution in [1.29, 1.82) is 0 Å². The smallest absolute Gasteiger partial charge is 0.294 e. The normalized spacial score (nSPS) is 26.6. The topological polar surface area (TPSA) is 544 Å². The molecule has 128 heavy (non-hydrogen) atoms. The summed E-state index contributed by atoms with van der Waals surface area (Å²) in [6.07, 6.45) is 16.2. The van der Waals surface area contributed by atoms with Crippen molar-refractivity contribution in [3.8, 4) is 87.7 Å². The Hall–Kier alpha value is -6.96. The maximum absolute atomic E-state index is 10.9. The number of aromatic hydroxyl groups is 7. The molecule has 5 radical (unpaired) electrons. The van der Waals surface area contributed by atoms with Gasteiger partial charge in [-0.3, -0.25) is 9.78 Å². The van der Waals surface area contributed by atoms with Gasteiger partial charge in [-0.1, -0.05) is 185 Å². The van der Waals surface area contributed by atoms with E-state index in [1.165, 1.54) is 35.3 Å². The van der Waals surface area contributed by atoms with Crippen molar-refractivity contribution in [2.75, 3.05) is 0 Å². The van der Waals surface area contributed by atoms with Gasteiger partial charge < -0.3 is 115 Å². The van der Waals surface area contributed by atoms with Crippen LogP contribution < -0.4 is 5.56 Å². The van der Waals surface area contributed by atoms with Crippen LogP contribution in [0.15, 0.2) is 133 Å². The van der Waals surface area contributed by atoms with E-state index in [-0.39, 0.29) is 212 Å². The number of pyridine rings is 2. The molecule has 0 aliphatic heterocycles. The third-order valence-corrected chi connectivity index (χ3v) is 27.9. The first-order valence-corrected chi connectivity index (χ1v) is 40.4. The fourth-order valence-corrected chi connectivity index (χ4v) is 16.7. The molecule has 0 saturated heterocycles. The summed E-state index contributed by atoms with van der Waals surface area (Å²) in [5, 5.41) is 71.1. The molecule has 15 rings (SSSR count). The van der Waals surface area contributed by atoms with E-state index >= 15 is 0 Å². The number of rotatable bonds is 5. The van der Waals surface area contributed by atoms with Crippen LogP contribution in [0.2, 0.25) is 0 Å². The van der Waals surface area contributed by atoms with Gasteiger partial charge in [0, 0.05) is 181 Å². The predicted molar refractivity (Wildman–Crippen MR) is 495 cm³/mol. The van der Waals surface area contributed by atoms with Crippen molar-refractivity contribution < 1.29 is 164 Å². The van der Waals surface area contributed by atoms with E-state index in [0.717, 1.165) is 160 Å². The molecule has 0 spiro atoms. The van der Waals surface area contributed by atoms with Gasteiger partial charge >= 0.3 is 0 Å². The van der Waals surface area contributed by atoms with Crippen LogP contribution in [-0.2, 0) is 101 Å². The molecule has 0 unspecified atom stereocenters. The van der Waals surface area contributed by atoms with Crippen LogP contribution in [0.25, 0.3) is 46.5 Å². The minimum Gasteiger partial charge on any atom is -0.493 e. The molecular weight excluding hydrogens is 2530 g/mol. The summed E-state index contributed by atoms with van der Waals surface area (Å²) >= 11 is 0. The zero-order valence-electron chi connectivity index (χ0n) is 80.5. The van der Waals surface area contributed by atoms with E-state index in [4.69, 9.17) is 35.7 Å². The van der Waals surface area contributed by atoms with Gasteiger partial charge in [0.05, 0.1) is 12.1 Å².